The average molecular weight is 195 g/mol. The van der Waals surface area contributed by atoms with Crippen molar-refractivity contribution >= 4 is 22.7 Å². The van der Waals surface area contributed by atoms with Crippen LogP contribution in [0.1, 0.15) is 13.3 Å². The van der Waals surface area contributed by atoms with E-state index in [1.807, 2.05) is 6.92 Å². The average Bonchev–Trinajstić information content (AvgIpc) is 2.11. The maximum atomic E-state index is 11.1. The molecule has 2 atom stereocenters. The molecule has 0 aliphatic carbocycles. The molecule has 1 fully saturated rings. The van der Waals surface area contributed by atoms with Crippen LogP contribution in [0.3, 0.4) is 0 Å². The van der Waals surface area contributed by atoms with Crippen molar-refractivity contribution < 1.29 is 8.42 Å². The molecule has 0 aromatic rings. The van der Waals surface area contributed by atoms with Gasteiger partial charge in [-0.05, 0) is 13.3 Å². The second-order valence-corrected chi connectivity index (χ2v) is 5.57. The molecule has 1 saturated heterocycles. The predicted octanol–water partition coefficient (Wildman–Crippen LogP) is 0.339. The van der Waals surface area contributed by atoms with Gasteiger partial charge in [0.25, 0.3) is 0 Å². The van der Waals surface area contributed by atoms with Crippen LogP contribution in [0.5, 0.6) is 0 Å². The highest BCUT2D eigenvalue weighted by molar-refractivity contribution is 7.88. The zero-order chi connectivity index (χ0) is 8.65. The van der Waals surface area contributed by atoms with E-state index in [9.17, 15) is 8.42 Å². The van der Waals surface area contributed by atoms with E-state index < -0.39 is 10.0 Å². The molecule has 0 aromatic carbocycles. The summed E-state index contributed by atoms with van der Waals surface area (Å²) in [6.45, 7) is 2.51. The standard InChI is InChI=1S/C6H13NO2S2/c1-5-6(10)3-4-7(5)11(2,8)9/h5-6,10H,3-4H2,1-2H3. The van der Waals surface area contributed by atoms with Gasteiger partial charge in [0.1, 0.15) is 0 Å². The van der Waals surface area contributed by atoms with E-state index in [-0.39, 0.29) is 11.3 Å². The lowest BCUT2D eigenvalue weighted by Crippen LogP contribution is -2.35. The molecular formula is C6H13NO2S2. The van der Waals surface area contributed by atoms with Gasteiger partial charge < -0.3 is 0 Å². The Labute approximate surface area is 73.2 Å². The monoisotopic (exact) mass is 195 g/mol. The van der Waals surface area contributed by atoms with Gasteiger partial charge in [-0.25, -0.2) is 8.42 Å². The smallest absolute Gasteiger partial charge is 0.211 e. The van der Waals surface area contributed by atoms with Crippen molar-refractivity contribution in [1.29, 1.82) is 0 Å². The van der Waals surface area contributed by atoms with Gasteiger partial charge in [0.05, 0.1) is 6.26 Å². The normalized spacial score (nSPS) is 34.5. The SMILES string of the molecule is CC1C(S)CCN1S(C)(=O)=O. The second kappa shape index (κ2) is 2.95. The molecule has 1 aliphatic rings. The summed E-state index contributed by atoms with van der Waals surface area (Å²) in [7, 11) is -3.00. The maximum absolute atomic E-state index is 11.1. The van der Waals surface area contributed by atoms with Crippen molar-refractivity contribution in [3.63, 3.8) is 0 Å². The van der Waals surface area contributed by atoms with E-state index >= 15 is 0 Å². The quantitative estimate of drug-likeness (QED) is 0.613. The number of hydrogen-bond acceptors (Lipinski definition) is 3. The molecule has 2 unspecified atom stereocenters. The molecule has 0 bridgehead atoms. The van der Waals surface area contributed by atoms with Crippen molar-refractivity contribution in [1.82, 2.24) is 4.31 Å². The number of rotatable bonds is 1. The molecule has 11 heavy (non-hydrogen) atoms. The lowest BCUT2D eigenvalue weighted by molar-refractivity contribution is 0.415. The summed E-state index contributed by atoms with van der Waals surface area (Å²) in [4.78, 5) is 0. The van der Waals surface area contributed by atoms with Gasteiger partial charge in [0.2, 0.25) is 10.0 Å². The first-order valence-corrected chi connectivity index (χ1v) is 5.94. The fourth-order valence-corrected chi connectivity index (χ4v) is 2.92. The molecule has 5 heteroatoms. The van der Waals surface area contributed by atoms with E-state index in [0.29, 0.717) is 6.54 Å². The van der Waals surface area contributed by atoms with Gasteiger partial charge in [0, 0.05) is 17.8 Å². The van der Waals surface area contributed by atoms with Crippen LogP contribution < -0.4 is 0 Å². The molecule has 1 heterocycles. The van der Waals surface area contributed by atoms with Crippen LogP contribution in [0.25, 0.3) is 0 Å². The molecule has 0 spiro atoms. The van der Waals surface area contributed by atoms with E-state index in [2.05, 4.69) is 12.6 Å². The molecule has 1 rings (SSSR count). The molecular weight excluding hydrogens is 182 g/mol. The highest BCUT2D eigenvalue weighted by atomic mass is 32.2. The zero-order valence-corrected chi connectivity index (χ0v) is 8.40. The second-order valence-electron chi connectivity index (χ2n) is 2.97. The number of thiol groups is 1. The molecule has 66 valence electrons. The van der Waals surface area contributed by atoms with Gasteiger partial charge >= 0.3 is 0 Å². The van der Waals surface area contributed by atoms with Crippen LogP contribution in [-0.2, 0) is 10.0 Å². The molecule has 0 N–H and O–H groups in total. The Kier molecular flexibility index (Phi) is 2.51. The maximum Gasteiger partial charge on any atom is 0.211 e. The summed E-state index contributed by atoms with van der Waals surface area (Å²) in [6, 6.07) is 0.0494. The highest BCUT2D eigenvalue weighted by Gasteiger charge is 2.33. The first-order valence-electron chi connectivity index (χ1n) is 3.58. The fraction of sp³-hybridized carbons (Fsp3) is 1.00. The van der Waals surface area contributed by atoms with Crippen molar-refractivity contribution in [2.45, 2.75) is 24.6 Å². The number of hydrogen-bond donors (Lipinski definition) is 1. The van der Waals surface area contributed by atoms with Crippen LogP contribution in [0.2, 0.25) is 0 Å². The summed E-state index contributed by atoms with van der Waals surface area (Å²) in [5, 5.41) is 0.199. The van der Waals surface area contributed by atoms with E-state index in [4.69, 9.17) is 0 Å². The van der Waals surface area contributed by atoms with Crippen LogP contribution in [-0.4, -0.2) is 36.8 Å². The molecule has 3 nitrogen and oxygen atoms in total. The Morgan fingerprint density at radius 1 is 1.55 bits per heavy atom. The van der Waals surface area contributed by atoms with E-state index in [1.54, 1.807) is 0 Å². The van der Waals surface area contributed by atoms with Gasteiger partial charge in [-0.3, -0.25) is 0 Å². The first-order chi connectivity index (χ1) is 4.93. The molecule has 1 aliphatic heterocycles. The molecule has 0 aromatic heterocycles. The number of sulfonamides is 1. The lowest BCUT2D eigenvalue weighted by Gasteiger charge is -2.19. The minimum atomic E-state index is -3.00. The van der Waals surface area contributed by atoms with Crippen molar-refractivity contribution in [3.8, 4) is 0 Å². The minimum absolute atomic E-state index is 0.0494. The summed E-state index contributed by atoms with van der Waals surface area (Å²) in [6.07, 6.45) is 2.10. The minimum Gasteiger partial charge on any atom is -0.212 e. The first kappa shape index (κ1) is 9.35. The van der Waals surface area contributed by atoms with Gasteiger partial charge in [-0.2, -0.15) is 16.9 Å². The fourth-order valence-electron chi connectivity index (χ4n) is 1.36. The Morgan fingerprint density at radius 3 is 2.27 bits per heavy atom. The van der Waals surface area contributed by atoms with Crippen LogP contribution >= 0.6 is 12.6 Å². The van der Waals surface area contributed by atoms with Crippen molar-refractivity contribution in [2.75, 3.05) is 12.8 Å². The Bertz CT molecular complexity index is 237. The molecule has 0 radical (unpaired) electrons. The Morgan fingerprint density at radius 2 is 2.09 bits per heavy atom. The Balaban J connectivity index is 2.78. The van der Waals surface area contributed by atoms with Gasteiger partial charge in [-0.15, -0.1) is 0 Å². The van der Waals surface area contributed by atoms with Crippen LogP contribution in [0, 0.1) is 0 Å². The lowest BCUT2D eigenvalue weighted by atomic mass is 10.2. The summed E-state index contributed by atoms with van der Waals surface area (Å²) in [5.74, 6) is 0. The summed E-state index contributed by atoms with van der Waals surface area (Å²) >= 11 is 4.27. The number of nitrogens with zero attached hydrogens (tertiary/aromatic N) is 1. The topological polar surface area (TPSA) is 37.4 Å². The highest BCUT2D eigenvalue weighted by Crippen LogP contribution is 2.24. The van der Waals surface area contributed by atoms with E-state index in [0.717, 1.165) is 6.42 Å². The van der Waals surface area contributed by atoms with Gasteiger partial charge in [-0.1, -0.05) is 0 Å². The Hall–Kier alpha value is 0.260. The third-order valence-corrected chi connectivity index (χ3v) is 4.14. The summed E-state index contributed by atoms with van der Waals surface area (Å²) in [5.41, 5.74) is 0. The molecule has 0 amide bonds. The van der Waals surface area contributed by atoms with Crippen LogP contribution in [0.15, 0.2) is 0 Å². The van der Waals surface area contributed by atoms with Gasteiger partial charge in [0.15, 0.2) is 0 Å². The third-order valence-electron chi connectivity index (χ3n) is 2.08. The zero-order valence-electron chi connectivity index (χ0n) is 6.69. The van der Waals surface area contributed by atoms with E-state index in [1.165, 1.54) is 10.6 Å². The van der Waals surface area contributed by atoms with Crippen molar-refractivity contribution in [2.24, 2.45) is 0 Å². The third kappa shape index (κ3) is 1.89. The summed E-state index contributed by atoms with van der Waals surface area (Å²) < 4.78 is 23.7. The van der Waals surface area contributed by atoms with Crippen LogP contribution in [0.4, 0.5) is 0 Å². The largest absolute Gasteiger partial charge is 0.212 e. The molecule has 0 saturated carbocycles. The van der Waals surface area contributed by atoms with Crippen molar-refractivity contribution in [3.05, 3.63) is 0 Å². The predicted molar refractivity (Wildman–Crippen MR) is 48.4 cm³/mol.